The fourth-order valence-corrected chi connectivity index (χ4v) is 18.9. The second-order valence-corrected chi connectivity index (χ2v) is 21.6. The third-order valence-corrected chi connectivity index (χ3v) is 20.3. The van der Waals surface area contributed by atoms with Crippen LogP contribution in [0.1, 0.15) is 85.5 Å². The normalized spacial score (nSPS) is 22.0. The summed E-state index contributed by atoms with van der Waals surface area (Å²) in [6, 6.07) is 0. The number of carbonyl (C=O) groups is 2. The van der Waals surface area contributed by atoms with Gasteiger partial charge in [0.25, 0.3) is 0 Å². The van der Waals surface area contributed by atoms with Gasteiger partial charge in [0.1, 0.15) is 0 Å². The van der Waals surface area contributed by atoms with Crippen LogP contribution in [0, 0.1) is 11.8 Å². The molecule has 1 aliphatic heterocycles. The van der Waals surface area contributed by atoms with Crippen LogP contribution in [0.5, 0.6) is 0 Å². The molecule has 27 heavy (non-hydrogen) atoms. The molecule has 4 heteroatoms. The third kappa shape index (κ3) is 9.14. The monoisotopic (exact) mass is 486 g/mol. The van der Waals surface area contributed by atoms with E-state index in [9.17, 15) is 9.59 Å². The molecule has 3 atom stereocenters. The quantitative estimate of drug-likeness (QED) is 0.161. The molecule has 0 aromatic heterocycles. The number of unbranched alkanes of at least 4 members (excludes halogenated alkanes) is 3. The standard InChI is InChI=1S/C11H15O3.3C4H9.Sn/c1-3-8(2)10-6-9(4-5-12)7-11(13)14-10;3*1-3-4-2;/h1,3,5,8-10H,4,6-7H2,2H3;3*1,3-4H2,2H3;/t8-,9-,10-;;;;/m1..../s1. The summed E-state index contributed by atoms with van der Waals surface area (Å²) in [5.74, 6) is 0.290. The zero-order valence-corrected chi connectivity index (χ0v) is 21.0. The van der Waals surface area contributed by atoms with Gasteiger partial charge in [-0.05, 0) is 0 Å². The molecule has 1 fully saturated rings. The summed E-state index contributed by atoms with van der Waals surface area (Å²) >= 11 is -2.28. The summed E-state index contributed by atoms with van der Waals surface area (Å²) in [6.45, 7) is 9.10. The van der Waals surface area contributed by atoms with Crippen LogP contribution in [0.4, 0.5) is 0 Å². The molecule has 0 spiro atoms. The molecule has 0 saturated carbocycles. The van der Waals surface area contributed by atoms with Crippen molar-refractivity contribution in [3.05, 3.63) is 10.2 Å². The molecule has 0 amide bonds. The summed E-state index contributed by atoms with van der Waals surface area (Å²) < 4.78 is 12.7. The zero-order valence-electron chi connectivity index (χ0n) is 18.2. The van der Waals surface area contributed by atoms with E-state index >= 15 is 0 Å². The summed E-state index contributed by atoms with van der Waals surface area (Å²) in [7, 11) is 0. The van der Waals surface area contributed by atoms with Crippen molar-refractivity contribution in [3.8, 4) is 0 Å². The van der Waals surface area contributed by atoms with Crippen LogP contribution in [0.3, 0.4) is 0 Å². The maximum absolute atomic E-state index is 11.9. The maximum atomic E-state index is 11.9. The molecule has 0 radical (unpaired) electrons. The van der Waals surface area contributed by atoms with E-state index in [-0.39, 0.29) is 23.9 Å². The average molecular weight is 485 g/mol. The molecule has 1 heterocycles. The Morgan fingerprint density at radius 3 is 2.11 bits per heavy atom. The number of hydrogen-bond donors (Lipinski definition) is 0. The van der Waals surface area contributed by atoms with E-state index in [0.717, 1.165) is 12.7 Å². The Hall–Kier alpha value is -0.321. The minimum absolute atomic E-state index is 0.0556. The van der Waals surface area contributed by atoms with E-state index in [2.05, 4.69) is 37.9 Å². The van der Waals surface area contributed by atoms with Gasteiger partial charge in [0.2, 0.25) is 0 Å². The van der Waals surface area contributed by atoms with Crippen LogP contribution in [-0.4, -0.2) is 36.7 Å². The van der Waals surface area contributed by atoms with Crippen molar-refractivity contribution in [2.45, 2.75) is 105 Å². The van der Waals surface area contributed by atoms with Crippen LogP contribution >= 0.6 is 0 Å². The number of esters is 1. The average Bonchev–Trinajstić information content (AvgIpc) is 2.66. The molecule has 0 aromatic rings. The van der Waals surface area contributed by atoms with E-state index in [1.807, 2.05) is 0 Å². The van der Waals surface area contributed by atoms with E-state index in [0.29, 0.717) is 12.8 Å². The first-order valence-corrected chi connectivity index (χ1v) is 19.0. The van der Waals surface area contributed by atoms with E-state index in [4.69, 9.17) is 4.74 Å². The minimum atomic E-state index is -2.28. The number of hydrogen-bond acceptors (Lipinski definition) is 3. The van der Waals surface area contributed by atoms with Crippen LogP contribution < -0.4 is 0 Å². The van der Waals surface area contributed by atoms with Gasteiger partial charge in [0, 0.05) is 0 Å². The van der Waals surface area contributed by atoms with Gasteiger partial charge in [0.05, 0.1) is 0 Å². The summed E-state index contributed by atoms with van der Waals surface area (Å²) in [5.41, 5.74) is 0. The first-order valence-electron chi connectivity index (χ1n) is 11.3. The first kappa shape index (κ1) is 24.7. The Morgan fingerprint density at radius 2 is 1.63 bits per heavy atom. The van der Waals surface area contributed by atoms with E-state index in [1.165, 1.54) is 51.8 Å². The van der Waals surface area contributed by atoms with Crippen molar-refractivity contribution in [3.63, 3.8) is 0 Å². The van der Waals surface area contributed by atoms with Crippen molar-refractivity contribution >= 4 is 30.6 Å². The van der Waals surface area contributed by atoms with Gasteiger partial charge in [-0.25, -0.2) is 0 Å². The van der Waals surface area contributed by atoms with Crippen LogP contribution in [0.25, 0.3) is 0 Å². The number of ether oxygens (including phenoxy) is 1. The Bertz CT molecular complexity index is 439. The molecule has 0 aromatic carbocycles. The SMILES string of the molecule is CCC[CH2][Sn](/[CH]=C/[C@@H](C)[C@H]1C[C@@H](CC=O)CC(=O)O1)([CH2]CCC)[CH2]CCC. The predicted octanol–water partition coefficient (Wildman–Crippen LogP) is 6.48. The number of rotatable bonds is 14. The number of aldehydes is 1. The summed E-state index contributed by atoms with van der Waals surface area (Å²) in [6.07, 6.45) is 13.0. The summed E-state index contributed by atoms with van der Waals surface area (Å²) in [5, 5.41) is 0. The van der Waals surface area contributed by atoms with E-state index in [1.54, 1.807) is 0 Å². The van der Waals surface area contributed by atoms with Gasteiger partial charge in [0.15, 0.2) is 0 Å². The summed E-state index contributed by atoms with van der Waals surface area (Å²) in [4.78, 5) is 22.8. The molecule has 0 bridgehead atoms. The molecule has 1 aliphatic rings. The molecule has 0 unspecified atom stereocenters. The molecule has 1 saturated heterocycles. The van der Waals surface area contributed by atoms with Gasteiger partial charge in [-0.1, -0.05) is 0 Å². The second kappa shape index (κ2) is 13.8. The van der Waals surface area contributed by atoms with Gasteiger partial charge in [-0.3, -0.25) is 0 Å². The molecular weight excluding hydrogens is 443 g/mol. The van der Waals surface area contributed by atoms with Crippen LogP contribution in [0.2, 0.25) is 13.3 Å². The third-order valence-electron chi connectivity index (χ3n) is 6.16. The van der Waals surface area contributed by atoms with Gasteiger partial charge in [-0.15, -0.1) is 0 Å². The Balaban J connectivity index is 2.86. The van der Waals surface area contributed by atoms with Crippen molar-refractivity contribution in [1.82, 2.24) is 0 Å². The molecule has 1 rings (SSSR count). The van der Waals surface area contributed by atoms with Crippen molar-refractivity contribution < 1.29 is 14.3 Å². The first-order chi connectivity index (χ1) is 13.0. The Kier molecular flexibility index (Phi) is 12.6. The molecule has 156 valence electrons. The molecule has 3 nitrogen and oxygen atoms in total. The van der Waals surface area contributed by atoms with Crippen molar-refractivity contribution in [1.29, 1.82) is 0 Å². The fraction of sp³-hybridized carbons (Fsp3) is 0.826. The Labute approximate surface area is 171 Å². The molecular formula is C23H42O3Sn. The predicted molar refractivity (Wildman–Crippen MR) is 116 cm³/mol. The van der Waals surface area contributed by atoms with E-state index < -0.39 is 18.4 Å². The number of cyclic esters (lactones) is 1. The van der Waals surface area contributed by atoms with Crippen molar-refractivity contribution in [2.24, 2.45) is 11.8 Å². The van der Waals surface area contributed by atoms with Crippen LogP contribution in [-0.2, 0) is 14.3 Å². The van der Waals surface area contributed by atoms with Gasteiger partial charge >= 0.3 is 172 Å². The molecule has 0 N–H and O–H groups in total. The Morgan fingerprint density at radius 1 is 1.07 bits per heavy atom. The van der Waals surface area contributed by atoms with Crippen LogP contribution in [0.15, 0.2) is 10.2 Å². The van der Waals surface area contributed by atoms with Crippen molar-refractivity contribution in [2.75, 3.05) is 0 Å². The topological polar surface area (TPSA) is 43.4 Å². The van der Waals surface area contributed by atoms with Gasteiger partial charge in [-0.2, -0.15) is 0 Å². The number of carbonyl (C=O) groups excluding carboxylic acids is 2. The second-order valence-electron chi connectivity index (χ2n) is 8.63. The fourth-order valence-electron chi connectivity index (χ4n) is 4.24. The molecule has 0 aliphatic carbocycles. The zero-order chi connectivity index (χ0) is 20.1. The van der Waals surface area contributed by atoms with Gasteiger partial charge < -0.3 is 0 Å².